The van der Waals surface area contributed by atoms with Crippen LogP contribution in [0.1, 0.15) is 25.6 Å². The second kappa shape index (κ2) is 7.76. The summed E-state index contributed by atoms with van der Waals surface area (Å²) in [6.45, 7) is 11.9. The van der Waals surface area contributed by atoms with Gasteiger partial charge in [-0.25, -0.2) is 4.98 Å². The third-order valence-corrected chi connectivity index (χ3v) is 4.40. The van der Waals surface area contributed by atoms with Crippen molar-refractivity contribution in [2.24, 2.45) is 5.73 Å². The van der Waals surface area contributed by atoms with Crippen molar-refractivity contribution in [3.63, 3.8) is 0 Å². The van der Waals surface area contributed by atoms with Gasteiger partial charge in [0.15, 0.2) is 0 Å². The van der Waals surface area contributed by atoms with Crippen LogP contribution in [0.2, 0.25) is 0 Å². The van der Waals surface area contributed by atoms with Crippen molar-refractivity contribution < 1.29 is 0 Å². The molecule has 5 heteroatoms. The highest BCUT2D eigenvalue weighted by Crippen LogP contribution is 2.10. The Kier molecular flexibility index (Phi) is 6.01. The Labute approximate surface area is 122 Å². The third-order valence-electron chi connectivity index (χ3n) is 4.40. The summed E-state index contributed by atoms with van der Waals surface area (Å²) in [5.41, 5.74) is 5.90. The van der Waals surface area contributed by atoms with Crippen LogP contribution in [-0.2, 0) is 6.54 Å². The van der Waals surface area contributed by atoms with Crippen molar-refractivity contribution in [1.29, 1.82) is 0 Å². The Morgan fingerprint density at radius 2 is 2.00 bits per heavy atom. The van der Waals surface area contributed by atoms with Crippen LogP contribution in [0, 0.1) is 6.92 Å². The Bertz CT molecular complexity index is 381. The highest BCUT2D eigenvalue weighted by atomic mass is 15.3. The third kappa shape index (κ3) is 4.04. The lowest BCUT2D eigenvalue weighted by Crippen LogP contribution is -2.52. The number of piperazine rings is 1. The first kappa shape index (κ1) is 15.5. The molecule has 1 fully saturated rings. The van der Waals surface area contributed by atoms with Crippen LogP contribution in [0.3, 0.4) is 0 Å². The minimum Gasteiger partial charge on any atom is -0.334 e. The molecule has 0 aromatic carbocycles. The van der Waals surface area contributed by atoms with Gasteiger partial charge < -0.3 is 10.3 Å². The number of nitrogens with two attached hydrogens (primary N) is 1. The molecule has 1 unspecified atom stereocenters. The van der Waals surface area contributed by atoms with E-state index < -0.39 is 0 Å². The van der Waals surface area contributed by atoms with Crippen LogP contribution in [0.15, 0.2) is 12.4 Å². The minimum atomic E-state index is 0.582. The number of rotatable bonds is 7. The topological polar surface area (TPSA) is 50.3 Å². The smallest absolute Gasteiger partial charge is 0.105 e. The number of aromatic nitrogens is 2. The summed E-state index contributed by atoms with van der Waals surface area (Å²) in [7, 11) is 0. The zero-order valence-electron chi connectivity index (χ0n) is 13.0. The molecule has 1 aliphatic rings. The molecule has 0 amide bonds. The molecule has 0 spiro atoms. The molecule has 2 heterocycles. The lowest BCUT2D eigenvalue weighted by molar-refractivity contribution is 0.0923. The van der Waals surface area contributed by atoms with E-state index in [1.54, 1.807) is 0 Å². The average molecular weight is 279 g/mol. The maximum atomic E-state index is 5.90. The molecule has 114 valence electrons. The second-order valence-electron chi connectivity index (χ2n) is 5.72. The minimum absolute atomic E-state index is 0.582. The van der Waals surface area contributed by atoms with Crippen molar-refractivity contribution in [3.05, 3.63) is 18.2 Å². The second-order valence-corrected chi connectivity index (χ2v) is 5.72. The quantitative estimate of drug-likeness (QED) is 0.807. The molecular weight excluding hydrogens is 250 g/mol. The van der Waals surface area contributed by atoms with Gasteiger partial charge in [0.25, 0.3) is 0 Å². The first-order valence-corrected chi connectivity index (χ1v) is 7.88. The Morgan fingerprint density at radius 1 is 1.25 bits per heavy atom. The van der Waals surface area contributed by atoms with E-state index in [-0.39, 0.29) is 0 Å². The zero-order valence-corrected chi connectivity index (χ0v) is 13.0. The number of hydrogen-bond acceptors (Lipinski definition) is 4. The molecule has 20 heavy (non-hydrogen) atoms. The van der Waals surface area contributed by atoms with Gasteiger partial charge in [0.05, 0.1) is 0 Å². The lowest BCUT2D eigenvalue weighted by atomic mass is 10.1. The molecule has 0 radical (unpaired) electrons. The highest BCUT2D eigenvalue weighted by Gasteiger charge is 2.22. The van der Waals surface area contributed by atoms with Gasteiger partial charge in [0, 0.05) is 64.2 Å². The molecule has 1 saturated heterocycles. The van der Waals surface area contributed by atoms with E-state index in [0.29, 0.717) is 6.04 Å². The fraction of sp³-hybridized carbons (Fsp3) is 0.800. The van der Waals surface area contributed by atoms with Crippen molar-refractivity contribution in [2.45, 2.75) is 39.3 Å². The van der Waals surface area contributed by atoms with Crippen molar-refractivity contribution >= 4 is 0 Å². The summed E-state index contributed by atoms with van der Waals surface area (Å²) in [6, 6.07) is 0.582. The van der Waals surface area contributed by atoms with E-state index in [4.69, 9.17) is 5.73 Å². The summed E-state index contributed by atoms with van der Waals surface area (Å²) in [4.78, 5) is 9.39. The number of imidazole rings is 1. The highest BCUT2D eigenvalue weighted by molar-refractivity contribution is 4.88. The normalized spacial score (nSPS) is 19.4. The first-order valence-electron chi connectivity index (χ1n) is 7.88. The summed E-state index contributed by atoms with van der Waals surface area (Å²) in [6.07, 6.45) is 6.40. The fourth-order valence-electron chi connectivity index (χ4n) is 3.02. The maximum Gasteiger partial charge on any atom is 0.105 e. The van der Waals surface area contributed by atoms with Crippen LogP contribution in [0.5, 0.6) is 0 Å². The van der Waals surface area contributed by atoms with Crippen LogP contribution in [0.4, 0.5) is 0 Å². The zero-order chi connectivity index (χ0) is 14.4. The van der Waals surface area contributed by atoms with E-state index in [2.05, 4.69) is 39.4 Å². The van der Waals surface area contributed by atoms with Gasteiger partial charge in [-0.3, -0.25) is 9.80 Å². The monoisotopic (exact) mass is 279 g/mol. The number of aryl methyl sites for hydroxylation is 1. The number of hydrogen-bond donors (Lipinski definition) is 1. The largest absolute Gasteiger partial charge is 0.334 e. The molecule has 0 bridgehead atoms. The molecule has 2 N–H and O–H groups in total. The van der Waals surface area contributed by atoms with E-state index in [9.17, 15) is 0 Å². The molecule has 1 aromatic heterocycles. The molecule has 2 rings (SSSR count). The van der Waals surface area contributed by atoms with Crippen LogP contribution in [-0.4, -0.2) is 64.7 Å². The lowest BCUT2D eigenvalue weighted by Gasteiger charge is -2.39. The van der Waals surface area contributed by atoms with Crippen molar-refractivity contribution in [2.75, 3.05) is 39.3 Å². The summed E-state index contributed by atoms with van der Waals surface area (Å²) < 4.78 is 2.23. The predicted octanol–water partition coefficient (Wildman–Crippen LogP) is 0.937. The maximum absolute atomic E-state index is 5.90. The SMILES string of the molecule is CCCC(CN)N1CCN(CCn2ccnc2C)CC1. The molecule has 0 saturated carbocycles. The van der Waals surface area contributed by atoms with Gasteiger partial charge >= 0.3 is 0 Å². The van der Waals surface area contributed by atoms with Crippen molar-refractivity contribution in [3.8, 4) is 0 Å². The Hall–Kier alpha value is -0.910. The van der Waals surface area contributed by atoms with E-state index in [1.807, 2.05) is 6.20 Å². The van der Waals surface area contributed by atoms with Gasteiger partial charge in [-0.15, -0.1) is 0 Å². The molecule has 1 atom stereocenters. The van der Waals surface area contributed by atoms with Crippen LogP contribution in [0.25, 0.3) is 0 Å². The molecule has 1 aliphatic heterocycles. The summed E-state index contributed by atoms with van der Waals surface area (Å²) in [5.74, 6) is 1.11. The molecule has 1 aromatic rings. The van der Waals surface area contributed by atoms with Crippen LogP contribution >= 0.6 is 0 Å². The molecular formula is C15H29N5. The fourth-order valence-corrected chi connectivity index (χ4v) is 3.02. The average Bonchev–Trinajstić information content (AvgIpc) is 2.89. The van der Waals surface area contributed by atoms with Gasteiger partial charge in [-0.05, 0) is 13.3 Å². The van der Waals surface area contributed by atoms with E-state index >= 15 is 0 Å². The Morgan fingerprint density at radius 3 is 2.55 bits per heavy atom. The predicted molar refractivity (Wildman–Crippen MR) is 82.7 cm³/mol. The molecule has 0 aliphatic carbocycles. The Balaban J connectivity index is 1.72. The standard InChI is InChI=1S/C15H29N5/c1-3-4-15(13-16)20-11-8-18(9-12-20)7-10-19-6-5-17-14(19)2/h5-6,15H,3-4,7-13,16H2,1-2H3. The molecule has 5 nitrogen and oxygen atoms in total. The van der Waals surface area contributed by atoms with Crippen LogP contribution < -0.4 is 5.73 Å². The van der Waals surface area contributed by atoms with E-state index in [0.717, 1.165) is 51.6 Å². The van der Waals surface area contributed by atoms with Crippen molar-refractivity contribution in [1.82, 2.24) is 19.4 Å². The van der Waals surface area contributed by atoms with Gasteiger partial charge in [-0.1, -0.05) is 13.3 Å². The summed E-state index contributed by atoms with van der Waals surface area (Å²) >= 11 is 0. The number of nitrogens with zero attached hydrogens (tertiary/aromatic N) is 4. The van der Waals surface area contributed by atoms with E-state index in [1.165, 1.54) is 12.8 Å². The summed E-state index contributed by atoms with van der Waals surface area (Å²) in [5, 5.41) is 0. The first-order chi connectivity index (χ1) is 9.74. The van der Waals surface area contributed by atoms with Gasteiger partial charge in [0.2, 0.25) is 0 Å². The van der Waals surface area contributed by atoms with Gasteiger partial charge in [-0.2, -0.15) is 0 Å². The van der Waals surface area contributed by atoms with Gasteiger partial charge in [0.1, 0.15) is 5.82 Å².